The molecule has 1 aliphatic carbocycles. The number of benzene rings is 4. The average Bonchev–Trinajstić information content (AvgIpc) is 2.98. The van der Waals surface area contributed by atoms with Crippen molar-refractivity contribution < 1.29 is 23.5 Å². The molecule has 0 atom stereocenters. The number of hydrogen-bond acceptors (Lipinski definition) is 5. The van der Waals surface area contributed by atoms with Crippen LogP contribution in [0.2, 0.25) is 0 Å². The van der Waals surface area contributed by atoms with E-state index in [2.05, 4.69) is 61.4 Å². The summed E-state index contributed by atoms with van der Waals surface area (Å²) in [6, 6.07) is 25.9. The van der Waals surface area contributed by atoms with Gasteiger partial charge in [0, 0.05) is 28.2 Å². The van der Waals surface area contributed by atoms with E-state index in [9.17, 15) is 9.59 Å². The fourth-order valence-corrected chi connectivity index (χ4v) is 5.06. The van der Waals surface area contributed by atoms with Crippen LogP contribution in [0.25, 0.3) is 44.2 Å². The Morgan fingerprint density at radius 3 is 2.35 bits per heavy atom. The summed E-state index contributed by atoms with van der Waals surface area (Å²) < 4.78 is 19.4. The van der Waals surface area contributed by atoms with E-state index < -0.39 is 11.9 Å². The molecule has 0 fully saturated rings. The lowest BCUT2D eigenvalue weighted by atomic mass is 9.89. The molecule has 3 aromatic carbocycles. The van der Waals surface area contributed by atoms with Crippen molar-refractivity contribution in [2.45, 2.75) is 20.8 Å². The Morgan fingerprint density at radius 1 is 0.850 bits per heavy atom. The van der Waals surface area contributed by atoms with Crippen molar-refractivity contribution in [2.75, 3.05) is 26.3 Å². The Balaban J connectivity index is 1.70. The quantitative estimate of drug-likeness (QED) is 0.0572. The molecular formula is C34H32NO5+. The van der Waals surface area contributed by atoms with Crippen LogP contribution < -0.4 is 9.93 Å². The summed E-state index contributed by atoms with van der Waals surface area (Å²) in [4.78, 5) is 25.0. The van der Waals surface area contributed by atoms with E-state index >= 15 is 0 Å². The van der Waals surface area contributed by atoms with E-state index in [1.807, 2.05) is 36.4 Å². The third-order valence-corrected chi connectivity index (χ3v) is 7.04. The average molecular weight is 535 g/mol. The van der Waals surface area contributed by atoms with Gasteiger partial charge in [0.2, 0.25) is 5.36 Å². The zero-order chi connectivity index (χ0) is 28.2. The largest absolute Gasteiger partial charge is 0.459 e. The standard InChI is InChI=1S/C34H32NO5/c1-5-35(6-2)24-16-17-28-30(21-24)40-29-18-15-23-11-7-8-12-25(23)32(29)31(28)26-13-9-10-14-27(26)34(37)39-20-19-38-33(36)22(3)4/h7-18,21H,3,5-6,19-20H2,1-2,4H3/q+1. The molecule has 202 valence electrons. The molecule has 0 spiro atoms. The normalized spacial score (nSPS) is 11.1. The lowest BCUT2D eigenvalue weighted by Gasteiger charge is -2.18. The second kappa shape index (κ2) is 11.6. The van der Waals surface area contributed by atoms with Crippen LogP contribution in [0.3, 0.4) is 0 Å². The number of ether oxygens (including phenoxy) is 2. The molecule has 0 saturated heterocycles. The minimum Gasteiger partial charge on any atom is -0.459 e. The molecule has 40 heavy (non-hydrogen) atoms. The molecule has 1 aliphatic heterocycles. The van der Waals surface area contributed by atoms with E-state index in [1.54, 1.807) is 13.0 Å². The maximum absolute atomic E-state index is 13.4. The molecular weight excluding hydrogens is 502 g/mol. The van der Waals surface area contributed by atoms with Crippen molar-refractivity contribution in [2.24, 2.45) is 0 Å². The summed E-state index contributed by atoms with van der Waals surface area (Å²) in [7, 11) is 0. The highest BCUT2D eigenvalue weighted by Crippen LogP contribution is 2.43. The molecule has 1 heterocycles. The smallest absolute Gasteiger partial charge is 0.338 e. The lowest BCUT2D eigenvalue weighted by molar-refractivity contribution is -0.140. The van der Waals surface area contributed by atoms with Crippen LogP contribution in [0.15, 0.2) is 95.4 Å². The summed E-state index contributed by atoms with van der Waals surface area (Å²) in [5.74, 6) is -0.278. The molecule has 0 unspecified atom stereocenters. The van der Waals surface area contributed by atoms with Crippen molar-refractivity contribution >= 4 is 33.7 Å². The number of rotatable bonds is 8. The number of fused-ring (bicyclic) bond motifs is 4. The Kier molecular flexibility index (Phi) is 7.78. The van der Waals surface area contributed by atoms with E-state index in [0.717, 1.165) is 62.6 Å². The Morgan fingerprint density at radius 2 is 1.57 bits per heavy atom. The molecule has 2 aliphatic rings. The molecule has 0 N–H and O–H groups in total. The highest BCUT2D eigenvalue weighted by molar-refractivity contribution is 6.17. The Bertz CT molecular complexity index is 1790. The maximum atomic E-state index is 13.4. The van der Waals surface area contributed by atoms with Crippen molar-refractivity contribution in [1.29, 1.82) is 0 Å². The summed E-state index contributed by atoms with van der Waals surface area (Å²) in [6.07, 6.45) is 0. The number of carbonyl (C=O) groups is 2. The maximum Gasteiger partial charge on any atom is 0.338 e. The van der Waals surface area contributed by atoms with Gasteiger partial charge in [0.25, 0.3) is 0 Å². The van der Waals surface area contributed by atoms with Gasteiger partial charge in [0.1, 0.15) is 37.6 Å². The predicted octanol–water partition coefficient (Wildman–Crippen LogP) is 6.45. The van der Waals surface area contributed by atoms with E-state index in [1.165, 1.54) is 0 Å². The van der Waals surface area contributed by atoms with Gasteiger partial charge in [-0.15, -0.1) is 0 Å². The summed E-state index contributed by atoms with van der Waals surface area (Å²) in [5, 5.41) is 4.11. The van der Waals surface area contributed by atoms with Crippen LogP contribution in [-0.2, 0) is 14.3 Å². The summed E-state index contributed by atoms with van der Waals surface area (Å²) >= 11 is 0. The number of carbonyl (C=O) groups excluding carboxylic acids is 2. The minimum atomic E-state index is -0.515. The molecule has 0 saturated carbocycles. The van der Waals surface area contributed by atoms with Gasteiger partial charge in [-0.3, -0.25) is 0 Å². The first-order valence-electron chi connectivity index (χ1n) is 13.5. The molecule has 0 bridgehead atoms. The number of esters is 2. The Labute approximate surface area is 233 Å². The van der Waals surface area contributed by atoms with Crippen LogP contribution >= 0.6 is 0 Å². The third-order valence-electron chi connectivity index (χ3n) is 7.04. The van der Waals surface area contributed by atoms with Crippen LogP contribution in [0.4, 0.5) is 0 Å². The molecule has 6 heteroatoms. The second-order valence-corrected chi connectivity index (χ2v) is 9.59. The van der Waals surface area contributed by atoms with Crippen LogP contribution in [0.1, 0.15) is 31.1 Å². The van der Waals surface area contributed by atoms with Gasteiger partial charge in [0.05, 0.1) is 11.6 Å². The van der Waals surface area contributed by atoms with Crippen molar-refractivity contribution in [1.82, 2.24) is 4.58 Å². The minimum absolute atomic E-state index is 0.0472. The van der Waals surface area contributed by atoms with Crippen LogP contribution in [-0.4, -0.2) is 38.2 Å². The second-order valence-electron chi connectivity index (χ2n) is 9.59. The first-order valence-corrected chi connectivity index (χ1v) is 13.5. The van der Waals surface area contributed by atoms with E-state index in [-0.39, 0.29) is 13.2 Å². The van der Waals surface area contributed by atoms with Crippen molar-refractivity contribution in [3.63, 3.8) is 0 Å². The molecule has 5 rings (SSSR count). The van der Waals surface area contributed by atoms with Gasteiger partial charge < -0.3 is 13.9 Å². The Hall–Kier alpha value is -4.71. The summed E-state index contributed by atoms with van der Waals surface area (Å²) in [6.45, 7) is 11.0. The first kappa shape index (κ1) is 26.9. The molecule has 0 amide bonds. The predicted molar refractivity (Wildman–Crippen MR) is 158 cm³/mol. The van der Waals surface area contributed by atoms with E-state index in [0.29, 0.717) is 11.1 Å². The highest BCUT2D eigenvalue weighted by atomic mass is 16.6. The van der Waals surface area contributed by atoms with E-state index in [4.69, 9.17) is 13.9 Å². The first-order chi connectivity index (χ1) is 19.4. The van der Waals surface area contributed by atoms with Gasteiger partial charge in [0.15, 0.2) is 0 Å². The zero-order valence-electron chi connectivity index (χ0n) is 23.0. The highest BCUT2D eigenvalue weighted by Gasteiger charge is 2.24. The van der Waals surface area contributed by atoms with Crippen molar-refractivity contribution in [3.05, 3.63) is 102 Å². The lowest BCUT2D eigenvalue weighted by Crippen LogP contribution is -2.29. The molecule has 0 radical (unpaired) electrons. The monoisotopic (exact) mass is 534 g/mol. The molecule has 0 aromatic heterocycles. The fraction of sp³-hybridized carbons (Fsp3) is 0.206. The van der Waals surface area contributed by atoms with Gasteiger partial charge in [-0.1, -0.05) is 55.1 Å². The van der Waals surface area contributed by atoms with Gasteiger partial charge in [-0.25, -0.2) is 14.2 Å². The molecule has 3 aromatic rings. The SMILES string of the molecule is C=C(C)C(=O)OCCOC(=O)c1ccccc1-c1c2ccc(=[N+](CC)CC)cc-2oc2ccc3ccccc3c12. The van der Waals surface area contributed by atoms with Crippen molar-refractivity contribution in [3.8, 4) is 22.5 Å². The van der Waals surface area contributed by atoms with Gasteiger partial charge in [-0.2, -0.15) is 0 Å². The topological polar surface area (TPSA) is 68.8 Å². The summed E-state index contributed by atoms with van der Waals surface area (Å²) in [5.41, 5.74) is 3.98. The zero-order valence-corrected chi connectivity index (χ0v) is 23.0. The van der Waals surface area contributed by atoms with Gasteiger partial charge in [-0.05, 0) is 55.3 Å². The number of nitrogens with zero attached hydrogens (tertiary/aromatic N) is 1. The third kappa shape index (κ3) is 5.13. The van der Waals surface area contributed by atoms with Crippen LogP contribution in [0, 0.1) is 0 Å². The van der Waals surface area contributed by atoms with Crippen LogP contribution in [0.5, 0.6) is 0 Å². The number of hydrogen-bond donors (Lipinski definition) is 0. The fourth-order valence-electron chi connectivity index (χ4n) is 5.06. The molecule has 6 nitrogen and oxygen atoms in total. The van der Waals surface area contributed by atoms with Gasteiger partial charge >= 0.3 is 11.9 Å².